The van der Waals surface area contributed by atoms with Crippen LogP contribution in [0.25, 0.3) is 0 Å². The first-order chi connectivity index (χ1) is 9.64. The molecule has 1 unspecified atom stereocenters. The van der Waals surface area contributed by atoms with Crippen LogP contribution in [-0.4, -0.2) is 36.2 Å². The number of nitrogens with one attached hydrogen (secondary N) is 1. The van der Waals surface area contributed by atoms with E-state index in [4.69, 9.17) is 10.5 Å². The summed E-state index contributed by atoms with van der Waals surface area (Å²) in [5.74, 6) is 5.47. The number of nitrogens with zero attached hydrogens (tertiary/aromatic N) is 1. The van der Waals surface area contributed by atoms with Gasteiger partial charge >= 0.3 is 0 Å². The van der Waals surface area contributed by atoms with Gasteiger partial charge in [-0.15, -0.1) is 0 Å². The van der Waals surface area contributed by atoms with Gasteiger partial charge in [0, 0.05) is 19.0 Å². The van der Waals surface area contributed by atoms with Crippen molar-refractivity contribution in [3.63, 3.8) is 0 Å². The van der Waals surface area contributed by atoms with E-state index in [1.165, 1.54) is 0 Å². The third-order valence-corrected chi connectivity index (χ3v) is 3.24. The number of nitrogens with two attached hydrogens (primary N) is 1. The fourth-order valence-electron chi connectivity index (χ4n) is 2.21. The average Bonchev–Trinajstić information content (AvgIpc) is 2.45. The second-order valence-corrected chi connectivity index (χ2v) is 5.10. The second-order valence-electron chi connectivity index (χ2n) is 5.10. The van der Waals surface area contributed by atoms with Crippen molar-refractivity contribution in [2.45, 2.75) is 25.3 Å². The molecule has 20 heavy (non-hydrogen) atoms. The van der Waals surface area contributed by atoms with E-state index >= 15 is 0 Å². The highest BCUT2D eigenvalue weighted by molar-refractivity contribution is 5.97. The van der Waals surface area contributed by atoms with E-state index in [2.05, 4.69) is 22.1 Å². The standard InChI is InChI=1S/C15H19N3O2/c1-15(6-3-9-20-11-15)18-14(19)13-5-8-17-10-12(13)4-2-7-16/h5,8,10H,3,6-7,9,11,16H2,1H3,(H,18,19). The highest BCUT2D eigenvalue weighted by Gasteiger charge is 2.30. The van der Waals surface area contributed by atoms with Crippen molar-refractivity contribution in [2.75, 3.05) is 19.8 Å². The van der Waals surface area contributed by atoms with Crippen LogP contribution in [0.1, 0.15) is 35.7 Å². The van der Waals surface area contributed by atoms with Crippen molar-refractivity contribution in [3.05, 3.63) is 29.6 Å². The number of hydrogen-bond donors (Lipinski definition) is 2. The SMILES string of the molecule is CC1(NC(=O)c2ccncc2C#CCN)CCCOC1. The van der Waals surface area contributed by atoms with Gasteiger partial charge in [-0.3, -0.25) is 9.78 Å². The van der Waals surface area contributed by atoms with Crippen LogP contribution in [0.15, 0.2) is 18.5 Å². The van der Waals surface area contributed by atoms with E-state index in [1.807, 2.05) is 6.92 Å². The average molecular weight is 273 g/mol. The zero-order chi connectivity index (χ0) is 14.4. The largest absolute Gasteiger partial charge is 0.379 e. The summed E-state index contributed by atoms with van der Waals surface area (Å²) in [5.41, 5.74) is 6.15. The number of pyridine rings is 1. The molecule has 0 spiro atoms. The molecule has 106 valence electrons. The summed E-state index contributed by atoms with van der Waals surface area (Å²) in [6, 6.07) is 1.67. The first kappa shape index (κ1) is 14.5. The molecule has 2 rings (SSSR count). The number of ether oxygens (including phenoxy) is 1. The van der Waals surface area contributed by atoms with E-state index < -0.39 is 0 Å². The van der Waals surface area contributed by atoms with Crippen molar-refractivity contribution in [1.82, 2.24) is 10.3 Å². The van der Waals surface area contributed by atoms with Gasteiger partial charge in [0.2, 0.25) is 0 Å². The highest BCUT2D eigenvalue weighted by atomic mass is 16.5. The Balaban J connectivity index is 2.16. The molecule has 1 amide bonds. The molecule has 0 radical (unpaired) electrons. The van der Waals surface area contributed by atoms with Crippen LogP contribution in [0.3, 0.4) is 0 Å². The summed E-state index contributed by atoms with van der Waals surface area (Å²) in [4.78, 5) is 16.4. The van der Waals surface area contributed by atoms with Crippen molar-refractivity contribution in [3.8, 4) is 11.8 Å². The summed E-state index contributed by atoms with van der Waals surface area (Å²) in [5, 5.41) is 3.04. The Labute approximate surface area is 118 Å². The maximum atomic E-state index is 12.4. The predicted octanol–water partition coefficient (Wildman–Crippen LogP) is 0.691. The van der Waals surface area contributed by atoms with Crippen LogP contribution in [0, 0.1) is 11.8 Å². The number of rotatable bonds is 2. The lowest BCUT2D eigenvalue weighted by Gasteiger charge is -2.34. The number of hydrogen-bond acceptors (Lipinski definition) is 4. The number of amides is 1. The van der Waals surface area contributed by atoms with Crippen LogP contribution in [-0.2, 0) is 4.74 Å². The predicted molar refractivity (Wildman–Crippen MR) is 76.1 cm³/mol. The summed E-state index contributed by atoms with van der Waals surface area (Å²) < 4.78 is 5.45. The molecular formula is C15H19N3O2. The Hall–Kier alpha value is -1.90. The van der Waals surface area contributed by atoms with Gasteiger partial charge in [0.1, 0.15) is 0 Å². The molecule has 0 bridgehead atoms. The van der Waals surface area contributed by atoms with Gasteiger partial charge in [0.25, 0.3) is 5.91 Å². The molecular weight excluding hydrogens is 254 g/mol. The third kappa shape index (κ3) is 3.56. The molecule has 2 heterocycles. The van der Waals surface area contributed by atoms with Gasteiger partial charge < -0.3 is 15.8 Å². The molecule has 3 N–H and O–H groups in total. The zero-order valence-corrected chi connectivity index (χ0v) is 11.6. The summed E-state index contributed by atoms with van der Waals surface area (Å²) in [7, 11) is 0. The molecule has 1 aromatic rings. The summed E-state index contributed by atoms with van der Waals surface area (Å²) in [6.45, 7) is 3.54. The maximum Gasteiger partial charge on any atom is 0.253 e. The Morgan fingerprint density at radius 3 is 3.20 bits per heavy atom. The van der Waals surface area contributed by atoms with Crippen molar-refractivity contribution >= 4 is 5.91 Å². The molecule has 5 nitrogen and oxygen atoms in total. The molecule has 0 saturated carbocycles. The molecule has 1 saturated heterocycles. The van der Waals surface area contributed by atoms with Crippen LogP contribution < -0.4 is 11.1 Å². The van der Waals surface area contributed by atoms with Gasteiger partial charge in [-0.05, 0) is 25.8 Å². The molecule has 1 fully saturated rings. The van der Waals surface area contributed by atoms with Crippen LogP contribution in [0.4, 0.5) is 0 Å². The van der Waals surface area contributed by atoms with E-state index in [-0.39, 0.29) is 18.0 Å². The Morgan fingerprint density at radius 2 is 2.50 bits per heavy atom. The van der Waals surface area contributed by atoms with Crippen molar-refractivity contribution < 1.29 is 9.53 Å². The fraction of sp³-hybridized carbons (Fsp3) is 0.467. The minimum Gasteiger partial charge on any atom is -0.379 e. The summed E-state index contributed by atoms with van der Waals surface area (Å²) >= 11 is 0. The topological polar surface area (TPSA) is 77.2 Å². The monoisotopic (exact) mass is 273 g/mol. The first-order valence-electron chi connectivity index (χ1n) is 6.68. The van der Waals surface area contributed by atoms with Gasteiger partial charge in [-0.1, -0.05) is 11.8 Å². The van der Waals surface area contributed by atoms with Crippen molar-refractivity contribution in [1.29, 1.82) is 0 Å². The lowest BCUT2D eigenvalue weighted by molar-refractivity contribution is 0.0272. The quantitative estimate of drug-likeness (QED) is 0.777. The zero-order valence-electron chi connectivity index (χ0n) is 11.6. The van der Waals surface area contributed by atoms with E-state index in [0.717, 1.165) is 19.4 Å². The van der Waals surface area contributed by atoms with Crippen LogP contribution in [0.5, 0.6) is 0 Å². The van der Waals surface area contributed by atoms with Crippen molar-refractivity contribution in [2.24, 2.45) is 5.73 Å². The number of carbonyl (C=O) groups excluding carboxylic acids is 1. The number of aromatic nitrogens is 1. The Bertz CT molecular complexity index is 540. The highest BCUT2D eigenvalue weighted by Crippen LogP contribution is 2.19. The van der Waals surface area contributed by atoms with E-state index in [0.29, 0.717) is 17.7 Å². The minimum atomic E-state index is -0.322. The molecule has 1 aliphatic rings. The van der Waals surface area contributed by atoms with E-state index in [1.54, 1.807) is 18.5 Å². The fourth-order valence-corrected chi connectivity index (χ4v) is 2.21. The third-order valence-electron chi connectivity index (χ3n) is 3.24. The smallest absolute Gasteiger partial charge is 0.253 e. The second kappa shape index (κ2) is 6.51. The number of carbonyl (C=O) groups is 1. The molecule has 1 aromatic heterocycles. The van der Waals surface area contributed by atoms with Crippen LogP contribution >= 0.6 is 0 Å². The maximum absolute atomic E-state index is 12.4. The van der Waals surface area contributed by atoms with Gasteiger partial charge in [0.15, 0.2) is 0 Å². The van der Waals surface area contributed by atoms with Crippen LogP contribution in [0.2, 0.25) is 0 Å². The molecule has 0 aromatic carbocycles. The summed E-state index contributed by atoms with van der Waals surface area (Å²) in [6.07, 6.45) is 5.03. The lowest BCUT2D eigenvalue weighted by atomic mass is 9.94. The van der Waals surface area contributed by atoms with Gasteiger partial charge in [0.05, 0.1) is 29.8 Å². The molecule has 0 aliphatic carbocycles. The first-order valence-corrected chi connectivity index (χ1v) is 6.68. The molecule has 5 heteroatoms. The minimum absolute atomic E-state index is 0.151. The Kier molecular flexibility index (Phi) is 4.72. The normalized spacial score (nSPS) is 21.7. The molecule has 1 aliphatic heterocycles. The molecule has 1 atom stereocenters. The van der Waals surface area contributed by atoms with E-state index in [9.17, 15) is 4.79 Å². The van der Waals surface area contributed by atoms with Gasteiger partial charge in [-0.25, -0.2) is 0 Å². The van der Waals surface area contributed by atoms with Gasteiger partial charge in [-0.2, -0.15) is 0 Å². The Morgan fingerprint density at radius 1 is 1.65 bits per heavy atom. The lowest BCUT2D eigenvalue weighted by Crippen LogP contribution is -2.51.